The number of carbonyl (C=O) groups is 1. The molecule has 0 aliphatic carbocycles. The van der Waals surface area contributed by atoms with Crippen molar-refractivity contribution in [3.63, 3.8) is 0 Å². The van der Waals surface area contributed by atoms with Crippen molar-refractivity contribution in [3.05, 3.63) is 71.4 Å². The average molecular weight is 467 g/mol. The number of piperidine rings is 1. The normalized spacial score (nSPS) is 16.2. The van der Waals surface area contributed by atoms with Gasteiger partial charge in [-0.2, -0.15) is 4.80 Å². The summed E-state index contributed by atoms with van der Waals surface area (Å²) >= 11 is 1.36. The molecule has 168 valence electrons. The van der Waals surface area contributed by atoms with Gasteiger partial charge < -0.3 is 4.90 Å². The van der Waals surface area contributed by atoms with Crippen LogP contribution in [0.4, 0.5) is 8.78 Å². The van der Waals surface area contributed by atoms with Crippen molar-refractivity contribution in [1.82, 2.24) is 30.1 Å². The number of aromatic nitrogens is 5. The second kappa shape index (κ2) is 9.14. The Morgan fingerprint density at radius 3 is 2.42 bits per heavy atom. The van der Waals surface area contributed by atoms with E-state index in [-0.39, 0.29) is 23.6 Å². The number of benzene rings is 2. The van der Waals surface area contributed by atoms with Crippen LogP contribution in [0.25, 0.3) is 21.8 Å². The van der Waals surface area contributed by atoms with Crippen LogP contribution in [0, 0.1) is 11.6 Å². The Morgan fingerprint density at radius 1 is 1.00 bits per heavy atom. The molecule has 1 aliphatic heterocycles. The van der Waals surface area contributed by atoms with E-state index < -0.39 is 0 Å². The molecule has 0 spiro atoms. The smallest absolute Gasteiger partial charge is 0.274 e. The van der Waals surface area contributed by atoms with Gasteiger partial charge in [-0.25, -0.2) is 13.8 Å². The standard InChI is InChI=1S/C23H20F2N6OS/c24-17-8-4-15(5-9-17)21-20(26-14-33-21)23(32)30-12-2-1-3-19(30)13-31-28-22(27-29-31)16-6-10-18(25)11-7-16/h4-11,14,19H,1-3,12-13H2. The molecule has 0 saturated carbocycles. The highest BCUT2D eigenvalue weighted by atomic mass is 32.1. The molecule has 7 nitrogen and oxygen atoms in total. The highest BCUT2D eigenvalue weighted by Crippen LogP contribution is 2.30. The van der Waals surface area contributed by atoms with E-state index in [0.29, 0.717) is 30.2 Å². The lowest BCUT2D eigenvalue weighted by atomic mass is 10.0. The van der Waals surface area contributed by atoms with Crippen LogP contribution in [0.3, 0.4) is 0 Å². The zero-order valence-electron chi connectivity index (χ0n) is 17.6. The first-order valence-electron chi connectivity index (χ1n) is 10.6. The number of likely N-dealkylation sites (tertiary alicyclic amines) is 1. The van der Waals surface area contributed by atoms with Crippen LogP contribution in [0.5, 0.6) is 0 Å². The van der Waals surface area contributed by atoms with Crippen LogP contribution >= 0.6 is 11.3 Å². The summed E-state index contributed by atoms with van der Waals surface area (Å²) in [4.78, 5) is 21.8. The summed E-state index contributed by atoms with van der Waals surface area (Å²) in [6.45, 7) is 1.01. The molecular formula is C23H20F2N6OS. The quantitative estimate of drug-likeness (QED) is 0.435. The average Bonchev–Trinajstić information content (AvgIpc) is 3.50. The van der Waals surface area contributed by atoms with Crippen molar-refractivity contribution in [3.8, 4) is 21.8 Å². The molecule has 0 bridgehead atoms. The van der Waals surface area contributed by atoms with Gasteiger partial charge in [-0.3, -0.25) is 4.79 Å². The van der Waals surface area contributed by atoms with Crippen LogP contribution in [-0.4, -0.2) is 48.6 Å². The molecule has 0 N–H and O–H groups in total. The van der Waals surface area contributed by atoms with E-state index in [2.05, 4.69) is 20.4 Å². The Bertz CT molecular complexity index is 1250. The van der Waals surface area contributed by atoms with Crippen LogP contribution in [-0.2, 0) is 6.54 Å². The molecule has 1 amide bonds. The minimum Gasteiger partial charge on any atom is -0.332 e. The van der Waals surface area contributed by atoms with Crippen molar-refractivity contribution in [2.24, 2.45) is 0 Å². The van der Waals surface area contributed by atoms with E-state index in [1.807, 2.05) is 4.90 Å². The maximum atomic E-state index is 13.5. The topological polar surface area (TPSA) is 76.8 Å². The predicted molar refractivity (Wildman–Crippen MR) is 119 cm³/mol. The first kappa shape index (κ1) is 21.3. The Kier molecular flexibility index (Phi) is 5.91. The largest absolute Gasteiger partial charge is 0.332 e. The molecule has 0 radical (unpaired) electrons. The molecule has 2 aromatic heterocycles. The van der Waals surface area contributed by atoms with Gasteiger partial charge >= 0.3 is 0 Å². The molecule has 1 aliphatic rings. The lowest BCUT2D eigenvalue weighted by Crippen LogP contribution is -2.46. The zero-order valence-corrected chi connectivity index (χ0v) is 18.4. The molecule has 1 unspecified atom stereocenters. The summed E-state index contributed by atoms with van der Waals surface area (Å²) in [6.07, 6.45) is 2.72. The fourth-order valence-electron chi connectivity index (χ4n) is 4.02. The molecular weight excluding hydrogens is 446 g/mol. The van der Waals surface area contributed by atoms with Crippen molar-refractivity contribution in [2.45, 2.75) is 31.8 Å². The number of rotatable bonds is 5. The number of carbonyl (C=O) groups excluding carboxylic acids is 1. The van der Waals surface area contributed by atoms with Gasteiger partial charge in [-0.05, 0) is 66.4 Å². The fraction of sp³-hybridized carbons (Fsp3) is 0.261. The van der Waals surface area contributed by atoms with E-state index in [0.717, 1.165) is 29.7 Å². The summed E-state index contributed by atoms with van der Waals surface area (Å²) in [5, 5.41) is 12.6. The Morgan fingerprint density at radius 2 is 1.70 bits per heavy atom. The first-order chi connectivity index (χ1) is 16.1. The van der Waals surface area contributed by atoms with Crippen LogP contribution in [0.15, 0.2) is 54.0 Å². The molecule has 1 atom stereocenters. The minimum absolute atomic E-state index is 0.107. The summed E-state index contributed by atoms with van der Waals surface area (Å²) < 4.78 is 26.5. The van der Waals surface area contributed by atoms with Gasteiger partial charge in [0.25, 0.3) is 5.91 Å². The van der Waals surface area contributed by atoms with Crippen LogP contribution in [0.2, 0.25) is 0 Å². The van der Waals surface area contributed by atoms with Crippen molar-refractivity contribution >= 4 is 17.2 Å². The number of amides is 1. The number of halogens is 2. The molecule has 33 heavy (non-hydrogen) atoms. The van der Waals surface area contributed by atoms with E-state index in [4.69, 9.17) is 0 Å². The second-order valence-electron chi connectivity index (χ2n) is 7.86. The van der Waals surface area contributed by atoms with E-state index in [9.17, 15) is 13.6 Å². The fourth-order valence-corrected chi connectivity index (χ4v) is 4.81. The number of thiazole rings is 1. The third-order valence-electron chi connectivity index (χ3n) is 5.69. The van der Waals surface area contributed by atoms with Gasteiger partial charge in [-0.15, -0.1) is 21.5 Å². The van der Waals surface area contributed by atoms with Crippen LogP contribution in [0.1, 0.15) is 29.8 Å². The highest BCUT2D eigenvalue weighted by molar-refractivity contribution is 7.13. The highest BCUT2D eigenvalue weighted by Gasteiger charge is 2.31. The van der Waals surface area contributed by atoms with Crippen LogP contribution < -0.4 is 0 Å². The van der Waals surface area contributed by atoms with E-state index in [1.165, 1.54) is 40.4 Å². The predicted octanol–water partition coefficient (Wildman–Crippen LogP) is 4.44. The van der Waals surface area contributed by atoms with Crippen molar-refractivity contribution in [1.29, 1.82) is 0 Å². The first-order valence-corrected chi connectivity index (χ1v) is 11.5. The Balaban J connectivity index is 1.36. The Hall–Kier alpha value is -3.53. The van der Waals surface area contributed by atoms with E-state index in [1.54, 1.807) is 29.8 Å². The minimum atomic E-state index is -0.329. The van der Waals surface area contributed by atoms with Crippen molar-refractivity contribution in [2.75, 3.05) is 6.54 Å². The second-order valence-corrected chi connectivity index (χ2v) is 8.71. The molecule has 3 heterocycles. The lowest BCUT2D eigenvalue weighted by molar-refractivity contribution is 0.0572. The van der Waals surface area contributed by atoms with Crippen molar-refractivity contribution < 1.29 is 13.6 Å². The number of hydrogen-bond acceptors (Lipinski definition) is 6. The molecule has 1 saturated heterocycles. The SMILES string of the molecule is O=C(c1ncsc1-c1ccc(F)cc1)N1CCCCC1Cn1nnc(-c2ccc(F)cc2)n1. The third-order valence-corrected chi connectivity index (χ3v) is 6.57. The van der Waals surface area contributed by atoms with Gasteiger partial charge in [0.05, 0.1) is 23.0 Å². The van der Waals surface area contributed by atoms with Gasteiger partial charge in [-0.1, -0.05) is 12.1 Å². The number of tetrazole rings is 1. The number of nitrogens with zero attached hydrogens (tertiary/aromatic N) is 6. The van der Waals surface area contributed by atoms with E-state index >= 15 is 0 Å². The maximum Gasteiger partial charge on any atom is 0.274 e. The number of hydrogen-bond donors (Lipinski definition) is 0. The summed E-state index contributed by atoms with van der Waals surface area (Å²) in [5.74, 6) is -0.405. The molecule has 10 heteroatoms. The molecule has 2 aromatic carbocycles. The van der Waals surface area contributed by atoms with Gasteiger partial charge in [0.15, 0.2) is 0 Å². The summed E-state index contributed by atoms with van der Waals surface area (Å²) in [7, 11) is 0. The van der Waals surface area contributed by atoms with Gasteiger partial charge in [0, 0.05) is 12.1 Å². The third kappa shape index (κ3) is 4.51. The summed E-state index contributed by atoms with van der Waals surface area (Å²) in [5.41, 5.74) is 3.44. The monoisotopic (exact) mass is 466 g/mol. The zero-order chi connectivity index (χ0) is 22.8. The lowest BCUT2D eigenvalue weighted by Gasteiger charge is -2.35. The van der Waals surface area contributed by atoms with Gasteiger partial charge in [0.2, 0.25) is 5.82 Å². The summed E-state index contributed by atoms with van der Waals surface area (Å²) in [6, 6.07) is 11.9. The molecule has 1 fully saturated rings. The molecule has 5 rings (SSSR count). The Labute approximate surface area is 192 Å². The molecule has 4 aromatic rings. The van der Waals surface area contributed by atoms with Gasteiger partial charge in [0.1, 0.15) is 17.3 Å². The maximum absolute atomic E-state index is 13.5.